The highest BCUT2D eigenvalue weighted by Crippen LogP contribution is 2.25. The van der Waals surface area contributed by atoms with Crippen LogP contribution in [0.5, 0.6) is 5.75 Å². The summed E-state index contributed by atoms with van der Waals surface area (Å²) in [4.78, 5) is 16.8. The number of para-hydroxylation sites is 2. The van der Waals surface area contributed by atoms with Crippen LogP contribution >= 0.6 is 11.6 Å². The number of carbonyl (C=O) groups is 1. The molecule has 6 heteroatoms. The zero-order valence-corrected chi connectivity index (χ0v) is 15.9. The van der Waals surface area contributed by atoms with E-state index in [1.165, 1.54) is 7.11 Å². The highest BCUT2D eigenvalue weighted by Gasteiger charge is 2.10. The first-order valence-electron chi connectivity index (χ1n) is 8.70. The van der Waals surface area contributed by atoms with Gasteiger partial charge in [-0.2, -0.15) is 0 Å². The molecule has 3 aromatic carbocycles. The highest BCUT2D eigenvalue weighted by molar-refractivity contribution is 6.32. The molecule has 0 saturated heterocycles. The van der Waals surface area contributed by atoms with Gasteiger partial charge in [0.05, 0.1) is 12.1 Å². The molecule has 4 rings (SSSR count). The van der Waals surface area contributed by atoms with Crippen LogP contribution in [0.15, 0.2) is 71.1 Å². The lowest BCUT2D eigenvalue weighted by Gasteiger charge is -2.08. The largest absolute Gasteiger partial charge is 0.495 e. The number of hydrogen-bond acceptors (Lipinski definition) is 4. The molecule has 1 heterocycles. The van der Waals surface area contributed by atoms with Crippen LogP contribution in [0.25, 0.3) is 22.6 Å². The Kier molecular flexibility index (Phi) is 5.00. The van der Waals surface area contributed by atoms with Gasteiger partial charge in [0.1, 0.15) is 11.3 Å². The van der Waals surface area contributed by atoms with Crippen LogP contribution in [0.4, 0.5) is 0 Å². The minimum Gasteiger partial charge on any atom is -0.495 e. The van der Waals surface area contributed by atoms with Gasteiger partial charge in [0.15, 0.2) is 5.58 Å². The Morgan fingerprint density at radius 2 is 1.89 bits per heavy atom. The Hall–Kier alpha value is -3.31. The van der Waals surface area contributed by atoms with Gasteiger partial charge in [-0.15, -0.1) is 0 Å². The number of nitrogens with zero attached hydrogens (tertiary/aromatic N) is 1. The molecule has 0 aliphatic rings. The summed E-state index contributed by atoms with van der Waals surface area (Å²) in [6.45, 7) is 0.399. The fourth-order valence-electron chi connectivity index (χ4n) is 2.85. The predicted octanol–water partition coefficient (Wildman–Crippen LogP) is 5.09. The molecule has 0 spiro atoms. The highest BCUT2D eigenvalue weighted by atomic mass is 35.5. The van der Waals surface area contributed by atoms with Crippen LogP contribution in [0.1, 0.15) is 15.9 Å². The first-order valence-corrected chi connectivity index (χ1v) is 9.08. The normalized spacial score (nSPS) is 10.8. The van der Waals surface area contributed by atoms with Crippen LogP contribution < -0.4 is 10.1 Å². The van der Waals surface area contributed by atoms with E-state index in [9.17, 15) is 4.79 Å². The SMILES string of the molecule is COc1ccc(C(=O)NCc2ccc(-c3nc4ccccc4o3)cc2)cc1Cl. The van der Waals surface area contributed by atoms with Crippen LogP contribution in [-0.4, -0.2) is 18.0 Å². The van der Waals surface area contributed by atoms with E-state index in [2.05, 4.69) is 10.3 Å². The second-order valence-electron chi connectivity index (χ2n) is 6.22. The topological polar surface area (TPSA) is 64.4 Å². The van der Waals surface area contributed by atoms with E-state index < -0.39 is 0 Å². The molecule has 140 valence electrons. The van der Waals surface area contributed by atoms with E-state index >= 15 is 0 Å². The Morgan fingerprint density at radius 1 is 1.11 bits per heavy atom. The molecule has 0 unspecified atom stereocenters. The van der Waals surface area contributed by atoms with Crippen LogP contribution in [0.3, 0.4) is 0 Å². The zero-order chi connectivity index (χ0) is 19.5. The first-order chi connectivity index (χ1) is 13.6. The molecule has 0 aliphatic carbocycles. The molecule has 5 nitrogen and oxygen atoms in total. The van der Waals surface area contributed by atoms with Crippen LogP contribution in [-0.2, 0) is 6.54 Å². The van der Waals surface area contributed by atoms with Gasteiger partial charge >= 0.3 is 0 Å². The lowest BCUT2D eigenvalue weighted by molar-refractivity contribution is 0.0951. The number of fused-ring (bicyclic) bond motifs is 1. The number of oxazole rings is 1. The Morgan fingerprint density at radius 3 is 2.61 bits per heavy atom. The Labute approximate surface area is 166 Å². The average Bonchev–Trinajstić information content (AvgIpc) is 3.16. The van der Waals surface area contributed by atoms with Gasteiger partial charge in [-0.05, 0) is 48.0 Å². The number of amides is 1. The Balaban J connectivity index is 1.43. The Bertz CT molecular complexity index is 1100. The third-order valence-electron chi connectivity index (χ3n) is 4.36. The molecule has 1 aromatic heterocycles. The summed E-state index contributed by atoms with van der Waals surface area (Å²) in [5.41, 5.74) is 3.91. The van der Waals surface area contributed by atoms with Gasteiger partial charge in [-0.3, -0.25) is 4.79 Å². The van der Waals surface area contributed by atoms with Crippen molar-refractivity contribution in [2.45, 2.75) is 6.54 Å². The standard InChI is InChI=1S/C22H17ClN2O3/c1-27-19-11-10-16(12-17(19)23)21(26)24-13-14-6-8-15(9-7-14)22-25-18-4-2-3-5-20(18)28-22/h2-12H,13H2,1H3,(H,24,26). The lowest BCUT2D eigenvalue weighted by Crippen LogP contribution is -2.22. The van der Waals surface area contributed by atoms with Crippen molar-refractivity contribution in [3.63, 3.8) is 0 Å². The third-order valence-corrected chi connectivity index (χ3v) is 4.66. The number of halogens is 1. The zero-order valence-electron chi connectivity index (χ0n) is 15.1. The monoisotopic (exact) mass is 392 g/mol. The number of rotatable bonds is 5. The van der Waals surface area contributed by atoms with Gasteiger partial charge in [0, 0.05) is 17.7 Å². The van der Waals surface area contributed by atoms with Gasteiger partial charge in [-0.25, -0.2) is 4.98 Å². The van der Waals surface area contributed by atoms with Crippen molar-refractivity contribution < 1.29 is 13.9 Å². The maximum Gasteiger partial charge on any atom is 0.251 e. The van der Waals surface area contributed by atoms with Gasteiger partial charge < -0.3 is 14.5 Å². The summed E-state index contributed by atoms with van der Waals surface area (Å²) < 4.78 is 10.9. The van der Waals surface area contributed by atoms with E-state index in [-0.39, 0.29) is 5.91 Å². The number of aromatic nitrogens is 1. The fourth-order valence-corrected chi connectivity index (χ4v) is 3.11. The number of benzene rings is 3. The van der Waals surface area contributed by atoms with Crippen LogP contribution in [0, 0.1) is 0 Å². The van der Waals surface area contributed by atoms with Crippen molar-refractivity contribution in [3.8, 4) is 17.2 Å². The molecular formula is C22H17ClN2O3. The molecule has 0 fully saturated rings. The summed E-state index contributed by atoms with van der Waals surface area (Å²) in [6.07, 6.45) is 0. The lowest BCUT2D eigenvalue weighted by atomic mass is 10.1. The number of nitrogens with one attached hydrogen (secondary N) is 1. The molecule has 0 saturated carbocycles. The quantitative estimate of drug-likeness (QED) is 0.514. The molecule has 4 aromatic rings. The fraction of sp³-hybridized carbons (Fsp3) is 0.0909. The minimum absolute atomic E-state index is 0.201. The summed E-state index contributed by atoms with van der Waals surface area (Å²) >= 11 is 6.08. The number of methoxy groups -OCH3 is 1. The molecule has 1 N–H and O–H groups in total. The van der Waals surface area contributed by atoms with E-state index in [1.807, 2.05) is 48.5 Å². The number of carbonyl (C=O) groups excluding carboxylic acids is 1. The maximum atomic E-state index is 12.3. The van der Waals surface area contributed by atoms with Crippen molar-refractivity contribution in [3.05, 3.63) is 82.9 Å². The van der Waals surface area contributed by atoms with Crippen molar-refractivity contribution in [2.24, 2.45) is 0 Å². The second-order valence-corrected chi connectivity index (χ2v) is 6.62. The van der Waals surface area contributed by atoms with E-state index in [4.69, 9.17) is 20.8 Å². The van der Waals surface area contributed by atoms with Crippen molar-refractivity contribution in [1.29, 1.82) is 0 Å². The van der Waals surface area contributed by atoms with E-state index in [1.54, 1.807) is 18.2 Å². The van der Waals surface area contributed by atoms with Gasteiger partial charge in [0.2, 0.25) is 5.89 Å². The van der Waals surface area contributed by atoms with Gasteiger partial charge in [-0.1, -0.05) is 35.9 Å². The molecule has 1 amide bonds. The summed E-state index contributed by atoms with van der Waals surface area (Å²) in [6, 6.07) is 20.3. The van der Waals surface area contributed by atoms with Crippen molar-refractivity contribution >= 4 is 28.6 Å². The van der Waals surface area contributed by atoms with E-state index in [0.29, 0.717) is 28.8 Å². The molecular weight excluding hydrogens is 376 g/mol. The molecule has 0 bridgehead atoms. The van der Waals surface area contributed by atoms with Crippen molar-refractivity contribution in [2.75, 3.05) is 7.11 Å². The van der Waals surface area contributed by atoms with Crippen molar-refractivity contribution in [1.82, 2.24) is 10.3 Å². The minimum atomic E-state index is -0.201. The first kappa shape index (κ1) is 18.1. The van der Waals surface area contributed by atoms with E-state index in [0.717, 1.165) is 22.2 Å². The molecule has 0 radical (unpaired) electrons. The predicted molar refractivity (Wildman–Crippen MR) is 109 cm³/mol. The number of ether oxygens (including phenoxy) is 1. The average molecular weight is 393 g/mol. The third kappa shape index (κ3) is 3.70. The maximum absolute atomic E-state index is 12.3. The smallest absolute Gasteiger partial charge is 0.251 e. The van der Waals surface area contributed by atoms with Crippen LogP contribution in [0.2, 0.25) is 5.02 Å². The number of hydrogen-bond donors (Lipinski definition) is 1. The molecule has 28 heavy (non-hydrogen) atoms. The second kappa shape index (κ2) is 7.74. The summed E-state index contributed by atoms with van der Waals surface area (Å²) in [5, 5.41) is 3.28. The molecule has 0 aliphatic heterocycles. The summed E-state index contributed by atoms with van der Waals surface area (Å²) in [7, 11) is 1.53. The molecule has 0 atom stereocenters. The summed E-state index contributed by atoms with van der Waals surface area (Å²) in [5.74, 6) is 0.908. The van der Waals surface area contributed by atoms with Gasteiger partial charge in [0.25, 0.3) is 5.91 Å².